The van der Waals surface area contributed by atoms with Gasteiger partial charge in [0.15, 0.2) is 4.34 Å². The van der Waals surface area contributed by atoms with Gasteiger partial charge in [0, 0.05) is 38.6 Å². The monoisotopic (exact) mass is 417 g/mol. The van der Waals surface area contributed by atoms with Gasteiger partial charge >= 0.3 is 0 Å². The molecule has 0 bridgehead atoms. The largest absolute Gasteiger partial charge is 0.467 e. The Labute approximate surface area is 170 Å². The molecular weight excluding hydrogens is 398 g/mol. The van der Waals surface area contributed by atoms with Crippen LogP contribution in [0.5, 0.6) is 0 Å². The van der Waals surface area contributed by atoms with Crippen LogP contribution in [0.25, 0.3) is 0 Å². The Bertz CT molecular complexity index is 880. The minimum atomic E-state index is 0.110. The van der Waals surface area contributed by atoms with Gasteiger partial charge in [-0.25, -0.2) is 9.97 Å². The molecule has 1 aliphatic rings. The van der Waals surface area contributed by atoms with E-state index in [1.54, 1.807) is 24.7 Å². The van der Waals surface area contributed by atoms with Crippen molar-refractivity contribution < 1.29 is 9.21 Å². The molecule has 0 unspecified atom stereocenters. The van der Waals surface area contributed by atoms with Crippen LogP contribution in [0.3, 0.4) is 0 Å². The lowest BCUT2D eigenvalue weighted by molar-refractivity contribution is -0.128. The minimum absolute atomic E-state index is 0.110. The van der Waals surface area contributed by atoms with E-state index in [9.17, 15) is 4.79 Å². The highest BCUT2D eigenvalue weighted by Crippen LogP contribution is 2.26. The summed E-state index contributed by atoms with van der Waals surface area (Å²) in [6.45, 7) is 3.37. The highest BCUT2D eigenvalue weighted by atomic mass is 32.2. The average molecular weight is 418 g/mol. The maximum Gasteiger partial charge on any atom is 0.233 e. The van der Waals surface area contributed by atoms with Gasteiger partial charge in [0.05, 0.1) is 18.6 Å². The maximum atomic E-state index is 12.5. The van der Waals surface area contributed by atoms with Crippen molar-refractivity contribution in [3.63, 3.8) is 0 Å². The summed E-state index contributed by atoms with van der Waals surface area (Å²) >= 11 is 2.85. The van der Waals surface area contributed by atoms with Crippen LogP contribution in [0.4, 0.5) is 11.1 Å². The topological polar surface area (TPSA) is 100 Å². The third kappa shape index (κ3) is 4.78. The van der Waals surface area contributed by atoms with Crippen molar-refractivity contribution in [2.45, 2.75) is 10.9 Å². The van der Waals surface area contributed by atoms with Gasteiger partial charge in [-0.3, -0.25) is 4.79 Å². The number of aromatic nitrogens is 4. The first-order chi connectivity index (χ1) is 13.8. The van der Waals surface area contributed by atoms with Crippen molar-refractivity contribution in [1.82, 2.24) is 25.1 Å². The molecule has 0 aromatic carbocycles. The lowest BCUT2D eigenvalue weighted by atomic mass is 10.3. The second-order valence-corrected chi connectivity index (χ2v) is 8.21. The van der Waals surface area contributed by atoms with E-state index in [0.717, 1.165) is 23.2 Å². The average Bonchev–Trinajstić information content (AvgIpc) is 3.43. The first kappa shape index (κ1) is 18.7. The Hall–Kier alpha value is -2.66. The van der Waals surface area contributed by atoms with Crippen molar-refractivity contribution >= 4 is 40.1 Å². The molecule has 146 valence electrons. The van der Waals surface area contributed by atoms with E-state index in [-0.39, 0.29) is 5.91 Å². The number of amides is 1. The SMILES string of the molecule is O=C(CSc1nnc(NCc2ccco2)s1)N1CCN(c2ncccn2)CC1. The Morgan fingerprint density at radius 3 is 2.75 bits per heavy atom. The van der Waals surface area contributed by atoms with Crippen LogP contribution in [0.15, 0.2) is 45.6 Å². The van der Waals surface area contributed by atoms with Crippen LogP contribution in [0.2, 0.25) is 0 Å². The zero-order chi connectivity index (χ0) is 19.2. The summed E-state index contributed by atoms with van der Waals surface area (Å²) in [5.74, 6) is 2.01. The van der Waals surface area contributed by atoms with Crippen LogP contribution >= 0.6 is 23.1 Å². The fourth-order valence-electron chi connectivity index (χ4n) is 2.74. The van der Waals surface area contributed by atoms with Gasteiger partial charge in [0.2, 0.25) is 17.0 Å². The smallest absolute Gasteiger partial charge is 0.233 e. The highest BCUT2D eigenvalue weighted by molar-refractivity contribution is 8.01. The number of furan rings is 1. The number of carbonyl (C=O) groups is 1. The maximum absolute atomic E-state index is 12.5. The molecule has 1 N–H and O–H groups in total. The molecule has 1 aliphatic heterocycles. The lowest BCUT2D eigenvalue weighted by Crippen LogP contribution is -2.49. The van der Waals surface area contributed by atoms with Crippen molar-refractivity contribution in [3.05, 3.63) is 42.6 Å². The fraction of sp³-hybridized carbons (Fsp3) is 0.353. The molecule has 11 heteroatoms. The molecule has 4 rings (SSSR count). The number of carbonyl (C=O) groups excluding carboxylic acids is 1. The van der Waals surface area contributed by atoms with Crippen molar-refractivity contribution in [1.29, 1.82) is 0 Å². The van der Waals surface area contributed by atoms with Crippen molar-refractivity contribution in [2.75, 3.05) is 42.1 Å². The molecule has 0 saturated carbocycles. The fourth-order valence-corrected chi connectivity index (χ4v) is 4.39. The minimum Gasteiger partial charge on any atom is -0.467 e. The van der Waals surface area contributed by atoms with E-state index in [0.29, 0.717) is 36.5 Å². The highest BCUT2D eigenvalue weighted by Gasteiger charge is 2.22. The standard InChI is InChI=1S/C17H19N7O2S2/c25-14(23-6-8-24(9-7-23)15-18-4-2-5-19-15)12-27-17-22-21-16(28-17)20-11-13-3-1-10-26-13/h1-5,10H,6-9,11-12H2,(H,20,21). The number of hydrogen-bond acceptors (Lipinski definition) is 10. The van der Waals surface area contributed by atoms with E-state index < -0.39 is 0 Å². The summed E-state index contributed by atoms with van der Waals surface area (Å²) < 4.78 is 6.04. The van der Waals surface area contributed by atoms with Gasteiger partial charge in [-0.05, 0) is 18.2 Å². The van der Waals surface area contributed by atoms with Gasteiger partial charge in [-0.1, -0.05) is 23.1 Å². The van der Waals surface area contributed by atoms with Gasteiger partial charge in [-0.15, -0.1) is 10.2 Å². The van der Waals surface area contributed by atoms with E-state index >= 15 is 0 Å². The molecule has 28 heavy (non-hydrogen) atoms. The molecule has 1 amide bonds. The Morgan fingerprint density at radius 1 is 1.18 bits per heavy atom. The lowest BCUT2D eigenvalue weighted by Gasteiger charge is -2.34. The normalized spacial score (nSPS) is 14.3. The summed E-state index contributed by atoms with van der Waals surface area (Å²) in [4.78, 5) is 25.0. The second kappa shape index (κ2) is 9.02. The molecule has 3 aromatic rings. The first-order valence-electron chi connectivity index (χ1n) is 8.80. The second-order valence-electron chi connectivity index (χ2n) is 6.01. The number of nitrogens with one attached hydrogen (secondary N) is 1. The summed E-state index contributed by atoms with van der Waals surface area (Å²) in [6, 6.07) is 5.54. The Morgan fingerprint density at radius 2 is 2.00 bits per heavy atom. The number of thioether (sulfide) groups is 1. The van der Waals surface area contributed by atoms with Gasteiger partial charge < -0.3 is 19.5 Å². The number of anilines is 2. The van der Waals surface area contributed by atoms with Crippen molar-refractivity contribution in [3.8, 4) is 0 Å². The van der Waals surface area contributed by atoms with Crippen LogP contribution in [0.1, 0.15) is 5.76 Å². The zero-order valence-electron chi connectivity index (χ0n) is 15.0. The zero-order valence-corrected chi connectivity index (χ0v) is 16.7. The van der Waals surface area contributed by atoms with E-state index in [1.165, 1.54) is 23.1 Å². The number of piperazine rings is 1. The van der Waals surface area contributed by atoms with Crippen molar-refractivity contribution in [2.24, 2.45) is 0 Å². The van der Waals surface area contributed by atoms with Gasteiger partial charge in [-0.2, -0.15) is 0 Å². The third-order valence-corrected chi connectivity index (χ3v) is 6.19. The molecule has 0 spiro atoms. The quantitative estimate of drug-likeness (QED) is 0.578. The Kier molecular flexibility index (Phi) is 6.02. The summed E-state index contributed by atoms with van der Waals surface area (Å²) in [5, 5.41) is 12.1. The molecular formula is C17H19N7O2S2. The van der Waals surface area contributed by atoms with E-state index in [1.807, 2.05) is 17.0 Å². The van der Waals surface area contributed by atoms with Crippen LogP contribution in [-0.4, -0.2) is 62.9 Å². The molecule has 4 heterocycles. The summed E-state index contributed by atoms with van der Waals surface area (Å²) in [7, 11) is 0. The predicted molar refractivity (Wildman–Crippen MR) is 107 cm³/mol. The number of nitrogens with zero attached hydrogens (tertiary/aromatic N) is 6. The first-order valence-corrected chi connectivity index (χ1v) is 10.6. The van der Waals surface area contributed by atoms with Crippen LogP contribution in [0, 0.1) is 0 Å². The van der Waals surface area contributed by atoms with Crippen LogP contribution in [-0.2, 0) is 11.3 Å². The third-order valence-electron chi connectivity index (χ3n) is 4.19. The van der Waals surface area contributed by atoms with E-state index in [4.69, 9.17) is 4.42 Å². The summed E-state index contributed by atoms with van der Waals surface area (Å²) in [5.41, 5.74) is 0. The molecule has 9 nitrogen and oxygen atoms in total. The van der Waals surface area contributed by atoms with Crippen LogP contribution < -0.4 is 10.2 Å². The molecule has 3 aromatic heterocycles. The number of rotatable bonds is 7. The molecule has 1 fully saturated rings. The van der Waals surface area contributed by atoms with Gasteiger partial charge in [0.25, 0.3) is 0 Å². The number of hydrogen-bond donors (Lipinski definition) is 1. The molecule has 0 aliphatic carbocycles. The molecule has 1 saturated heterocycles. The molecule has 0 radical (unpaired) electrons. The predicted octanol–water partition coefficient (Wildman–Crippen LogP) is 1.97. The Balaban J connectivity index is 1.21. The van der Waals surface area contributed by atoms with Gasteiger partial charge in [0.1, 0.15) is 5.76 Å². The molecule has 0 atom stereocenters. The van der Waals surface area contributed by atoms with E-state index in [2.05, 4.69) is 30.4 Å². The summed E-state index contributed by atoms with van der Waals surface area (Å²) in [6.07, 6.45) is 5.10.